The molecule has 9 heteroatoms. The maximum atomic E-state index is 13.1. The molecule has 0 radical (unpaired) electrons. The van der Waals surface area contributed by atoms with Crippen LogP contribution in [0.1, 0.15) is 17.2 Å². The van der Waals surface area contributed by atoms with Crippen molar-refractivity contribution in [3.05, 3.63) is 94.8 Å². The lowest BCUT2D eigenvalue weighted by atomic mass is 10.1. The number of ether oxygens (including phenoxy) is 1. The molecular formula is C22H19ClFNO5S. The first kappa shape index (κ1) is 22.7. The minimum Gasteiger partial charge on any atom is -0.478 e. The van der Waals surface area contributed by atoms with Gasteiger partial charge in [0, 0.05) is 24.2 Å². The molecule has 1 N–H and O–H groups in total. The van der Waals surface area contributed by atoms with Gasteiger partial charge in [-0.25, -0.2) is 17.6 Å². The van der Waals surface area contributed by atoms with Crippen molar-refractivity contribution in [2.75, 3.05) is 7.05 Å². The maximum Gasteiger partial charge on any atom is 0.349 e. The second-order valence-corrected chi connectivity index (χ2v) is 9.23. The van der Waals surface area contributed by atoms with Gasteiger partial charge in [-0.1, -0.05) is 35.9 Å². The number of hydrogen-bond acceptors (Lipinski definition) is 4. The predicted molar refractivity (Wildman–Crippen MR) is 114 cm³/mol. The third kappa shape index (κ3) is 5.61. The van der Waals surface area contributed by atoms with E-state index in [4.69, 9.17) is 16.3 Å². The van der Waals surface area contributed by atoms with Crippen LogP contribution in [0.15, 0.2) is 77.7 Å². The molecule has 0 aliphatic heterocycles. The zero-order chi connectivity index (χ0) is 22.6. The number of nitrogens with zero attached hydrogens (tertiary/aromatic N) is 1. The third-order valence-corrected chi connectivity index (χ3v) is 6.57. The SMILES string of the molecule is CN(Cc1ccc(OC(C(=O)O)c2ccc(Cl)cc2)cc1)S(=O)(=O)c1ccc(F)cc1. The Labute approximate surface area is 184 Å². The highest BCUT2D eigenvalue weighted by Crippen LogP contribution is 2.25. The molecule has 162 valence electrons. The fourth-order valence-electron chi connectivity index (χ4n) is 2.84. The van der Waals surface area contributed by atoms with Gasteiger partial charge in [-0.2, -0.15) is 4.31 Å². The Bertz CT molecular complexity index is 1150. The Kier molecular flexibility index (Phi) is 6.94. The Hall–Kier alpha value is -2.94. The molecule has 0 fully saturated rings. The zero-order valence-corrected chi connectivity index (χ0v) is 18.0. The van der Waals surface area contributed by atoms with E-state index in [1.807, 2.05) is 0 Å². The van der Waals surface area contributed by atoms with Crippen molar-refractivity contribution >= 4 is 27.6 Å². The van der Waals surface area contributed by atoms with Crippen LogP contribution in [0.2, 0.25) is 5.02 Å². The highest BCUT2D eigenvalue weighted by molar-refractivity contribution is 7.89. The van der Waals surface area contributed by atoms with Crippen LogP contribution >= 0.6 is 11.6 Å². The number of carbonyl (C=O) groups is 1. The topological polar surface area (TPSA) is 83.9 Å². The first-order valence-corrected chi connectivity index (χ1v) is 10.9. The molecule has 0 bridgehead atoms. The van der Waals surface area contributed by atoms with Gasteiger partial charge in [0.25, 0.3) is 0 Å². The van der Waals surface area contributed by atoms with Crippen molar-refractivity contribution in [2.45, 2.75) is 17.5 Å². The Balaban J connectivity index is 1.71. The molecular weight excluding hydrogens is 445 g/mol. The number of benzene rings is 3. The summed E-state index contributed by atoms with van der Waals surface area (Å²) in [4.78, 5) is 11.6. The number of rotatable bonds is 8. The highest BCUT2D eigenvalue weighted by atomic mass is 35.5. The standard InChI is InChI=1S/C22H19ClFNO5S/c1-25(31(28,29)20-12-8-18(24)9-13-20)14-15-2-10-19(11-3-15)30-21(22(26)27)16-4-6-17(23)7-5-16/h2-13,21H,14H2,1H3,(H,26,27). The van der Waals surface area contributed by atoms with E-state index in [9.17, 15) is 22.7 Å². The number of hydrogen-bond donors (Lipinski definition) is 1. The smallest absolute Gasteiger partial charge is 0.349 e. The maximum absolute atomic E-state index is 13.1. The molecule has 6 nitrogen and oxygen atoms in total. The van der Waals surface area contributed by atoms with E-state index in [1.165, 1.54) is 19.2 Å². The van der Waals surface area contributed by atoms with Crippen LogP contribution in [0.25, 0.3) is 0 Å². The van der Waals surface area contributed by atoms with Gasteiger partial charge in [0.15, 0.2) is 0 Å². The summed E-state index contributed by atoms with van der Waals surface area (Å²) in [5, 5.41) is 9.97. The Morgan fingerprint density at radius 1 is 1.03 bits per heavy atom. The molecule has 1 unspecified atom stereocenters. The van der Waals surface area contributed by atoms with Crippen LogP contribution in [0, 0.1) is 5.82 Å². The number of halogens is 2. The Morgan fingerprint density at radius 3 is 2.16 bits per heavy atom. The molecule has 31 heavy (non-hydrogen) atoms. The zero-order valence-electron chi connectivity index (χ0n) is 16.4. The second kappa shape index (κ2) is 9.47. The Morgan fingerprint density at radius 2 is 1.61 bits per heavy atom. The summed E-state index contributed by atoms with van der Waals surface area (Å²) < 4.78 is 45.0. The van der Waals surface area contributed by atoms with Crippen molar-refractivity contribution < 1.29 is 27.4 Å². The lowest BCUT2D eigenvalue weighted by Crippen LogP contribution is -2.26. The summed E-state index contributed by atoms with van der Waals surface area (Å²) in [7, 11) is -2.37. The summed E-state index contributed by atoms with van der Waals surface area (Å²) in [6, 6.07) is 17.3. The molecule has 0 aliphatic rings. The molecule has 0 saturated carbocycles. The molecule has 3 aromatic carbocycles. The molecule has 0 amide bonds. The van der Waals surface area contributed by atoms with Crippen LogP contribution in [0.5, 0.6) is 5.75 Å². The van der Waals surface area contributed by atoms with E-state index >= 15 is 0 Å². The van der Waals surface area contributed by atoms with Gasteiger partial charge in [0.2, 0.25) is 16.1 Å². The van der Waals surface area contributed by atoms with Crippen molar-refractivity contribution in [1.82, 2.24) is 4.31 Å². The van der Waals surface area contributed by atoms with Gasteiger partial charge in [-0.15, -0.1) is 0 Å². The summed E-state index contributed by atoms with van der Waals surface area (Å²) in [5.74, 6) is -1.36. The minimum atomic E-state index is -3.79. The number of carboxylic acids is 1. The van der Waals surface area contributed by atoms with Crippen LogP contribution < -0.4 is 4.74 Å². The highest BCUT2D eigenvalue weighted by Gasteiger charge is 2.23. The lowest BCUT2D eigenvalue weighted by Gasteiger charge is -2.18. The van der Waals surface area contributed by atoms with Crippen LogP contribution in [0.4, 0.5) is 4.39 Å². The van der Waals surface area contributed by atoms with Gasteiger partial charge in [-0.3, -0.25) is 0 Å². The average Bonchev–Trinajstić information content (AvgIpc) is 2.74. The van der Waals surface area contributed by atoms with E-state index < -0.39 is 27.9 Å². The van der Waals surface area contributed by atoms with Gasteiger partial charge >= 0.3 is 5.97 Å². The van der Waals surface area contributed by atoms with E-state index in [0.29, 0.717) is 21.9 Å². The summed E-state index contributed by atoms with van der Waals surface area (Å²) in [6.45, 7) is 0.0690. The average molecular weight is 464 g/mol. The van der Waals surface area contributed by atoms with Gasteiger partial charge in [-0.05, 0) is 54.1 Å². The van der Waals surface area contributed by atoms with E-state index in [1.54, 1.807) is 48.5 Å². The molecule has 0 heterocycles. The van der Waals surface area contributed by atoms with Crippen LogP contribution in [0.3, 0.4) is 0 Å². The fraction of sp³-hybridized carbons (Fsp3) is 0.136. The van der Waals surface area contributed by atoms with E-state index in [-0.39, 0.29) is 11.4 Å². The summed E-state index contributed by atoms with van der Waals surface area (Å²) in [6.07, 6.45) is -1.22. The molecule has 0 spiro atoms. The first-order valence-electron chi connectivity index (χ1n) is 9.12. The molecule has 0 saturated heterocycles. The summed E-state index contributed by atoms with van der Waals surface area (Å²) in [5.41, 5.74) is 1.10. The predicted octanol–water partition coefficient (Wildman–Crippen LogP) is 4.50. The van der Waals surface area contributed by atoms with Gasteiger partial charge in [0.1, 0.15) is 11.6 Å². The van der Waals surface area contributed by atoms with Crippen molar-refractivity contribution in [1.29, 1.82) is 0 Å². The molecule has 0 aliphatic carbocycles. The second-order valence-electron chi connectivity index (χ2n) is 6.75. The van der Waals surface area contributed by atoms with E-state index in [2.05, 4.69) is 0 Å². The number of aliphatic carboxylic acids is 1. The quantitative estimate of drug-likeness (QED) is 0.531. The monoisotopic (exact) mass is 463 g/mol. The largest absolute Gasteiger partial charge is 0.478 e. The van der Waals surface area contributed by atoms with Gasteiger partial charge in [0.05, 0.1) is 4.90 Å². The number of sulfonamides is 1. The summed E-state index contributed by atoms with van der Waals surface area (Å²) >= 11 is 5.84. The minimum absolute atomic E-state index is 0.0105. The normalized spacial score (nSPS) is 12.5. The molecule has 3 rings (SSSR count). The van der Waals surface area contributed by atoms with Gasteiger partial charge < -0.3 is 9.84 Å². The molecule has 1 atom stereocenters. The van der Waals surface area contributed by atoms with Crippen LogP contribution in [-0.2, 0) is 21.4 Å². The van der Waals surface area contributed by atoms with E-state index in [0.717, 1.165) is 16.4 Å². The van der Waals surface area contributed by atoms with Crippen molar-refractivity contribution in [3.63, 3.8) is 0 Å². The first-order chi connectivity index (χ1) is 14.7. The third-order valence-electron chi connectivity index (χ3n) is 4.50. The van der Waals surface area contributed by atoms with Crippen molar-refractivity contribution in [3.8, 4) is 5.75 Å². The molecule has 3 aromatic rings. The van der Waals surface area contributed by atoms with Crippen LogP contribution in [-0.4, -0.2) is 30.8 Å². The number of carboxylic acid groups (broad SMARTS) is 1. The fourth-order valence-corrected chi connectivity index (χ4v) is 4.12. The van der Waals surface area contributed by atoms with Crippen molar-refractivity contribution in [2.24, 2.45) is 0 Å². The molecule has 0 aromatic heterocycles. The lowest BCUT2D eigenvalue weighted by molar-refractivity contribution is -0.145.